The van der Waals surface area contributed by atoms with Gasteiger partial charge in [0.15, 0.2) is 5.78 Å². The van der Waals surface area contributed by atoms with Gasteiger partial charge in [-0.3, -0.25) is 4.79 Å². The van der Waals surface area contributed by atoms with Gasteiger partial charge in [0, 0.05) is 13.0 Å². The molecule has 19 heavy (non-hydrogen) atoms. The number of rotatable bonds is 6. The maximum absolute atomic E-state index is 12.2. The lowest BCUT2D eigenvalue weighted by Gasteiger charge is -2.07. The van der Waals surface area contributed by atoms with Crippen LogP contribution in [-0.4, -0.2) is 20.5 Å². The van der Waals surface area contributed by atoms with Gasteiger partial charge in [-0.1, -0.05) is 20.8 Å². The minimum Gasteiger partial charge on any atom is -0.469 e. The first-order valence-electron chi connectivity index (χ1n) is 6.58. The second kappa shape index (κ2) is 5.82. The predicted octanol–water partition coefficient (Wildman–Crippen LogP) is 2.51. The van der Waals surface area contributed by atoms with Crippen LogP contribution in [0.15, 0.2) is 23.1 Å². The molecule has 0 spiro atoms. The minimum atomic E-state index is 0.0311. The topological polar surface area (TPSA) is 60.9 Å². The van der Waals surface area contributed by atoms with Crippen LogP contribution in [-0.2, 0) is 19.4 Å². The highest BCUT2D eigenvalue weighted by Crippen LogP contribution is 2.14. The third kappa shape index (κ3) is 3.10. The maximum Gasteiger partial charge on any atom is 0.173 e. The zero-order chi connectivity index (χ0) is 13.8. The molecule has 0 fully saturated rings. The summed E-state index contributed by atoms with van der Waals surface area (Å²) in [5, 5.41) is 4.16. The first-order chi connectivity index (χ1) is 9.11. The Kier molecular flexibility index (Phi) is 4.14. The molecule has 2 heterocycles. The van der Waals surface area contributed by atoms with Crippen LogP contribution in [0.5, 0.6) is 0 Å². The van der Waals surface area contributed by atoms with Gasteiger partial charge >= 0.3 is 0 Å². The van der Waals surface area contributed by atoms with Gasteiger partial charge in [0.25, 0.3) is 0 Å². The molecule has 0 amide bonds. The second-order valence-electron chi connectivity index (χ2n) is 4.96. The van der Waals surface area contributed by atoms with Gasteiger partial charge in [0.2, 0.25) is 0 Å². The molecule has 102 valence electrons. The van der Waals surface area contributed by atoms with E-state index in [1.165, 1.54) is 6.33 Å². The van der Waals surface area contributed by atoms with Crippen LogP contribution in [0.2, 0.25) is 0 Å². The fourth-order valence-corrected chi connectivity index (χ4v) is 2.03. The van der Waals surface area contributed by atoms with Crippen LogP contribution in [0.1, 0.15) is 42.7 Å². The number of carbonyl (C=O) groups is 1. The van der Waals surface area contributed by atoms with Gasteiger partial charge in [0.05, 0.1) is 18.2 Å². The molecule has 2 rings (SSSR count). The summed E-state index contributed by atoms with van der Waals surface area (Å²) in [7, 11) is 0. The molecule has 0 aromatic carbocycles. The number of carbonyl (C=O) groups excluding carboxylic acids is 1. The lowest BCUT2D eigenvalue weighted by Crippen LogP contribution is -2.14. The van der Waals surface area contributed by atoms with Gasteiger partial charge in [-0.2, -0.15) is 5.10 Å². The highest BCUT2D eigenvalue weighted by atomic mass is 16.3. The molecular formula is C14H19N3O2. The second-order valence-corrected chi connectivity index (χ2v) is 4.96. The quantitative estimate of drug-likeness (QED) is 0.750. The lowest BCUT2D eigenvalue weighted by molar-refractivity contribution is 0.0987. The van der Waals surface area contributed by atoms with E-state index in [2.05, 4.69) is 23.9 Å². The van der Waals surface area contributed by atoms with Crippen molar-refractivity contribution in [1.29, 1.82) is 0 Å². The van der Waals surface area contributed by atoms with E-state index in [1.54, 1.807) is 17.0 Å². The molecule has 0 bridgehead atoms. The Labute approximate surface area is 112 Å². The molecule has 2 aromatic rings. The van der Waals surface area contributed by atoms with Crippen molar-refractivity contribution in [3.8, 4) is 0 Å². The van der Waals surface area contributed by atoms with Crippen molar-refractivity contribution in [2.75, 3.05) is 0 Å². The summed E-state index contributed by atoms with van der Waals surface area (Å²) in [6.45, 7) is 6.96. The molecule has 0 radical (unpaired) electrons. The van der Waals surface area contributed by atoms with E-state index in [-0.39, 0.29) is 12.2 Å². The normalized spacial score (nSPS) is 11.2. The summed E-state index contributed by atoms with van der Waals surface area (Å²) in [4.78, 5) is 16.4. The number of ketones is 1. The smallest absolute Gasteiger partial charge is 0.173 e. The average Bonchev–Trinajstić information content (AvgIpc) is 2.97. The van der Waals surface area contributed by atoms with Crippen molar-refractivity contribution >= 4 is 5.78 Å². The third-order valence-corrected chi connectivity index (χ3v) is 2.92. The monoisotopic (exact) mass is 261 g/mol. The van der Waals surface area contributed by atoms with E-state index in [0.717, 1.165) is 12.3 Å². The molecule has 0 aliphatic carbocycles. The number of furan rings is 1. The van der Waals surface area contributed by atoms with Crippen LogP contribution < -0.4 is 0 Å². The first kappa shape index (κ1) is 13.5. The van der Waals surface area contributed by atoms with Crippen LogP contribution in [0.3, 0.4) is 0 Å². The SMILES string of the molecule is CCc1occc1C(=O)Cc1ncnn1CC(C)C. The average molecular weight is 261 g/mol. The molecule has 0 aliphatic heterocycles. The Balaban J connectivity index is 2.13. The molecule has 0 unspecified atom stereocenters. The van der Waals surface area contributed by atoms with E-state index in [9.17, 15) is 4.79 Å². The van der Waals surface area contributed by atoms with Crippen molar-refractivity contribution in [3.05, 3.63) is 35.8 Å². The highest BCUT2D eigenvalue weighted by molar-refractivity contribution is 5.98. The van der Waals surface area contributed by atoms with E-state index in [1.807, 2.05) is 6.92 Å². The third-order valence-electron chi connectivity index (χ3n) is 2.92. The fraction of sp³-hybridized carbons (Fsp3) is 0.500. The highest BCUT2D eigenvalue weighted by Gasteiger charge is 2.17. The van der Waals surface area contributed by atoms with E-state index in [4.69, 9.17) is 4.42 Å². The summed E-state index contributed by atoms with van der Waals surface area (Å²) in [6, 6.07) is 1.73. The molecule has 5 heteroatoms. The van der Waals surface area contributed by atoms with E-state index < -0.39 is 0 Å². The lowest BCUT2D eigenvalue weighted by atomic mass is 10.1. The maximum atomic E-state index is 12.2. The zero-order valence-electron chi connectivity index (χ0n) is 11.6. The van der Waals surface area contributed by atoms with Crippen molar-refractivity contribution in [1.82, 2.24) is 14.8 Å². The summed E-state index contributed by atoms with van der Waals surface area (Å²) < 4.78 is 7.09. The van der Waals surface area contributed by atoms with Crippen molar-refractivity contribution in [2.45, 2.75) is 40.2 Å². The zero-order valence-corrected chi connectivity index (χ0v) is 11.6. The minimum absolute atomic E-state index is 0.0311. The predicted molar refractivity (Wildman–Crippen MR) is 71.0 cm³/mol. The molecule has 2 aromatic heterocycles. The fourth-order valence-electron chi connectivity index (χ4n) is 2.03. The Hall–Kier alpha value is -1.91. The van der Waals surface area contributed by atoms with E-state index >= 15 is 0 Å². The van der Waals surface area contributed by atoms with E-state index in [0.29, 0.717) is 23.7 Å². The summed E-state index contributed by atoms with van der Waals surface area (Å²) in [5.74, 6) is 1.95. The van der Waals surface area contributed by atoms with Crippen LogP contribution in [0, 0.1) is 5.92 Å². The molecule has 0 N–H and O–H groups in total. The van der Waals surface area contributed by atoms with Gasteiger partial charge in [0.1, 0.15) is 17.9 Å². The molecular weight excluding hydrogens is 242 g/mol. The molecule has 0 atom stereocenters. The molecule has 0 saturated heterocycles. The number of hydrogen-bond acceptors (Lipinski definition) is 4. The first-order valence-corrected chi connectivity index (χ1v) is 6.58. The molecule has 5 nitrogen and oxygen atoms in total. The Morgan fingerprint density at radius 2 is 2.26 bits per heavy atom. The van der Waals surface area contributed by atoms with Gasteiger partial charge in [-0.15, -0.1) is 0 Å². The van der Waals surface area contributed by atoms with Crippen molar-refractivity contribution in [3.63, 3.8) is 0 Å². The molecule has 0 saturated carbocycles. The number of nitrogens with zero attached hydrogens (tertiary/aromatic N) is 3. The molecule has 0 aliphatic rings. The van der Waals surface area contributed by atoms with Crippen LogP contribution in [0.25, 0.3) is 0 Å². The van der Waals surface area contributed by atoms with Crippen molar-refractivity contribution in [2.24, 2.45) is 5.92 Å². The Morgan fingerprint density at radius 1 is 1.47 bits per heavy atom. The number of aromatic nitrogens is 3. The summed E-state index contributed by atoms with van der Waals surface area (Å²) in [5.41, 5.74) is 0.654. The number of hydrogen-bond donors (Lipinski definition) is 0. The Bertz CT molecular complexity index is 555. The summed E-state index contributed by atoms with van der Waals surface area (Å²) in [6.07, 6.45) is 4.04. The Morgan fingerprint density at radius 3 is 2.95 bits per heavy atom. The summed E-state index contributed by atoms with van der Waals surface area (Å²) >= 11 is 0. The number of aryl methyl sites for hydroxylation is 1. The standard InChI is InChI=1S/C14H19N3O2/c1-4-13-11(5-6-19-13)12(18)7-14-15-9-16-17(14)8-10(2)3/h5-6,9-10H,4,7-8H2,1-3H3. The van der Waals surface area contributed by atoms with Gasteiger partial charge < -0.3 is 4.42 Å². The van der Waals surface area contributed by atoms with Gasteiger partial charge in [-0.05, 0) is 12.0 Å². The largest absolute Gasteiger partial charge is 0.469 e. The van der Waals surface area contributed by atoms with Crippen LogP contribution >= 0.6 is 0 Å². The number of Topliss-reactive ketones (excluding diaryl/α,β-unsaturated/α-hetero) is 1. The van der Waals surface area contributed by atoms with Gasteiger partial charge in [-0.25, -0.2) is 9.67 Å². The van der Waals surface area contributed by atoms with Crippen LogP contribution in [0.4, 0.5) is 0 Å². The van der Waals surface area contributed by atoms with Crippen molar-refractivity contribution < 1.29 is 9.21 Å².